The number of hydrogen-bond donors (Lipinski definition) is 1. The van der Waals surface area contributed by atoms with Crippen LogP contribution in [-0.2, 0) is 0 Å². The molecule has 72 valence electrons. The van der Waals surface area contributed by atoms with Crippen molar-refractivity contribution in [2.75, 3.05) is 0 Å². The van der Waals surface area contributed by atoms with E-state index in [-0.39, 0.29) is 6.07 Å². The first kappa shape index (κ1) is 9.98. The van der Waals surface area contributed by atoms with Crippen molar-refractivity contribution in [2.24, 2.45) is 0 Å². The van der Waals surface area contributed by atoms with Crippen molar-refractivity contribution in [1.82, 2.24) is 0 Å². The normalized spacial score (nSPS) is 13.1. The summed E-state index contributed by atoms with van der Waals surface area (Å²) in [4.78, 5) is 0. The third kappa shape index (κ3) is 1.65. The first-order chi connectivity index (χ1) is 5.95. The molecule has 0 heterocycles. The fraction of sp³-hybridized carbons (Fsp3) is 0.250. The van der Waals surface area contributed by atoms with Gasteiger partial charge >= 0.3 is 0 Å². The van der Waals surface area contributed by atoms with Crippen LogP contribution >= 0.6 is 0 Å². The maximum Gasteiger partial charge on any atom is 0.167 e. The van der Waals surface area contributed by atoms with Gasteiger partial charge in [-0.25, -0.2) is 17.6 Å². The van der Waals surface area contributed by atoms with E-state index in [1.165, 1.54) is 0 Å². The van der Waals surface area contributed by atoms with E-state index < -0.39 is 34.9 Å². The van der Waals surface area contributed by atoms with Gasteiger partial charge in [0.05, 0.1) is 11.7 Å². The second kappa shape index (κ2) is 3.33. The minimum atomic E-state index is -1.59. The van der Waals surface area contributed by atoms with Crippen molar-refractivity contribution in [3.63, 3.8) is 0 Å². The van der Waals surface area contributed by atoms with Gasteiger partial charge in [-0.3, -0.25) is 0 Å². The van der Waals surface area contributed by atoms with E-state index in [1.807, 2.05) is 0 Å². The van der Waals surface area contributed by atoms with E-state index in [1.54, 1.807) is 0 Å². The number of halogens is 4. The highest BCUT2D eigenvalue weighted by atomic mass is 19.2. The molecular formula is C8H6F4O. The van der Waals surface area contributed by atoms with Gasteiger partial charge in [0.25, 0.3) is 0 Å². The van der Waals surface area contributed by atoms with Crippen LogP contribution in [0, 0.1) is 23.3 Å². The average molecular weight is 194 g/mol. The fourth-order valence-electron chi connectivity index (χ4n) is 0.958. The number of aliphatic hydroxyl groups excluding tert-OH is 1. The van der Waals surface area contributed by atoms with Crippen molar-refractivity contribution in [3.8, 4) is 0 Å². The summed E-state index contributed by atoms with van der Waals surface area (Å²) in [6.07, 6.45) is -1.59. The monoisotopic (exact) mass is 194 g/mol. The van der Waals surface area contributed by atoms with Gasteiger partial charge < -0.3 is 5.11 Å². The van der Waals surface area contributed by atoms with Gasteiger partial charge in [0.15, 0.2) is 23.3 Å². The van der Waals surface area contributed by atoms with Crippen LogP contribution in [0.25, 0.3) is 0 Å². The predicted octanol–water partition coefficient (Wildman–Crippen LogP) is 2.30. The summed E-state index contributed by atoms with van der Waals surface area (Å²) in [6, 6.07) is 0.0938. The second-order valence-corrected chi connectivity index (χ2v) is 2.56. The van der Waals surface area contributed by atoms with Crippen LogP contribution < -0.4 is 0 Å². The summed E-state index contributed by atoms with van der Waals surface area (Å²) in [5, 5.41) is 8.82. The van der Waals surface area contributed by atoms with Crippen molar-refractivity contribution in [3.05, 3.63) is 34.9 Å². The molecule has 0 aliphatic heterocycles. The molecule has 1 atom stereocenters. The van der Waals surface area contributed by atoms with Gasteiger partial charge in [-0.15, -0.1) is 0 Å². The summed E-state index contributed by atoms with van der Waals surface area (Å²) in [6.45, 7) is 1.01. The highest BCUT2D eigenvalue weighted by Crippen LogP contribution is 2.24. The zero-order chi connectivity index (χ0) is 10.2. The number of hydrogen-bond acceptors (Lipinski definition) is 1. The first-order valence-electron chi connectivity index (χ1n) is 3.46. The molecule has 0 aliphatic rings. The maximum absolute atomic E-state index is 12.8. The van der Waals surface area contributed by atoms with E-state index in [9.17, 15) is 17.6 Å². The quantitative estimate of drug-likeness (QED) is 0.537. The maximum atomic E-state index is 12.8. The first-order valence-corrected chi connectivity index (χ1v) is 3.46. The van der Waals surface area contributed by atoms with Gasteiger partial charge in [0, 0.05) is 6.07 Å². The Labute approximate surface area is 71.6 Å². The summed E-state index contributed by atoms with van der Waals surface area (Å²) in [5.74, 6) is -6.16. The molecule has 1 nitrogen and oxygen atoms in total. The lowest BCUT2D eigenvalue weighted by Gasteiger charge is -2.08. The Balaban J connectivity index is 3.46. The zero-order valence-corrected chi connectivity index (χ0v) is 6.61. The highest BCUT2D eigenvalue weighted by molar-refractivity contribution is 5.24. The average Bonchev–Trinajstić information content (AvgIpc) is 2.01. The molecule has 1 aromatic carbocycles. The third-order valence-corrected chi connectivity index (χ3v) is 1.56. The third-order valence-electron chi connectivity index (χ3n) is 1.56. The van der Waals surface area contributed by atoms with Crippen molar-refractivity contribution < 1.29 is 22.7 Å². The van der Waals surface area contributed by atoms with Gasteiger partial charge in [0.1, 0.15) is 0 Å². The van der Waals surface area contributed by atoms with Crippen LogP contribution in [0.1, 0.15) is 18.6 Å². The Kier molecular flexibility index (Phi) is 2.56. The smallest absolute Gasteiger partial charge is 0.167 e. The van der Waals surface area contributed by atoms with Crippen molar-refractivity contribution in [2.45, 2.75) is 13.0 Å². The largest absolute Gasteiger partial charge is 0.388 e. The topological polar surface area (TPSA) is 20.2 Å². The molecule has 1 N–H and O–H groups in total. The lowest BCUT2D eigenvalue weighted by molar-refractivity contribution is 0.185. The standard InChI is InChI=1S/C8H6F4O/c1-3(13)6-7(11)4(9)2-5(10)8(6)12/h2-3,13H,1H3/t3-/m0/s1. The van der Waals surface area contributed by atoms with Crippen molar-refractivity contribution >= 4 is 0 Å². The SMILES string of the molecule is C[C@H](O)c1c(F)c(F)cc(F)c1F. The Morgan fingerprint density at radius 3 is 1.77 bits per heavy atom. The van der Waals surface area contributed by atoms with E-state index in [4.69, 9.17) is 5.11 Å². The minimum Gasteiger partial charge on any atom is -0.388 e. The molecule has 0 unspecified atom stereocenters. The Bertz CT molecular complexity index is 309. The Morgan fingerprint density at radius 1 is 1.08 bits per heavy atom. The minimum absolute atomic E-state index is 0.0938. The summed E-state index contributed by atoms with van der Waals surface area (Å²) in [7, 11) is 0. The molecule has 0 bridgehead atoms. The molecule has 13 heavy (non-hydrogen) atoms. The zero-order valence-electron chi connectivity index (χ0n) is 6.61. The van der Waals surface area contributed by atoms with E-state index in [0.29, 0.717) is 0 Å². The molecule has 0 saturated heterocycles. The molecule has 1 rings (SSSR count). The lowest BCUT2D eigenvalue weighted by Crippen LogP contribution is -2.05. The van der Waals surface area contributed by atoms with Gasteiger partial charge in [-0.1, -0.05) is 0 Å². The second-order valence-electron chi connectivity index (χ2n) is 2.56. The molecule has 0 amide bonds. The summed E-state index contributed by atoms with van der Waals surface area (Å²) >= 11 is 0. The fourth-order valence-corrected chi connectivity index (χ4v) is 0.958. The van der Waals surface area contributed by atoms with Crippen LogP contribution in [0.4, 0.5) is 17.6 Å². The molecule has 0 aliphatic carbocycles. The Morgan fingerprint density at radius 2 is 1.46 bits per heavy atom. The van der Waals surface area contributed by atoms with Crippen LogP contribution in [0.5, 0.6) is 0 Å². The molecule has 0 radical (unpaired) electrons. The highest BCUT2D eigenvalue weighted by Gasteiger charge is 2.21. The molecule has 1 aromatic rings. The molecule has 0 aromatic heterocycles. The van der Waals surface area contributed by atoms with E-state index in [0.717, 1.165) is 6.92 Å². The van der Waals surface area contributed by atoms with Crippen LogP contribution in [0.2, 0.25) is 0 Å². The predicted molar refractivity (Wildman–Crippen MR) is 36.9 cm³/mol. The van der Waals surface area contributed by atoms with Gasteiger partial charge in [0.2, 0.25) is 0 Å². The van der Waals surface area contributed by atoms with Crippen LogP contribution in [0.15, 0.2) is 6.07 Å². The lowest BCUT2D eigenvalue weighted by atomic mass is 10.1. The van der Waals surface area contributed by atoms with Gasteiger partial charge in [-0.05, 0) is 6.92 Å². The van der Waals surface area contributed by atoms with Crippen LogP contribution in [-0.4, -0.2) is 5.11 Å². The summed E-state index contributed by atoms with van der Waals surface area (Å²) < 4.78 is 50.5. The molecule has 0 spiro atoms. The van der Waals surface area contributed by atoms with E-state index in [2.05, 4.69) is 0 Å². The molecular weight excluding hydrogens is 188 g/mol. The number of benzene rings is 1. The van der Waals surface area contributed by atoms with Crippen molar-refractivity contribution in [1.29, 1.82) is 0 Å². The van der Waals surface area contributed by atoms with Gasteiger partial charge in [-0.2, -0.15) is 0 Å². The molecule has 0 fully saturated rings. The number of rotatable bonds is 1. The number of aliphatic hydroxyl groups is 1. The molecule has 5 heteroatoms. The van der Waals surface area contributed by atoms with E-state index >= 15 is 0 Å². The Hall–Kier alpha value is -1.10. The van der Waals surface area contributed by atoms with Crippen LogP contribution in [0.3, 0.4) is 0 Å². The molecule has 0 saturated carbocycles. The summed E-state index contributed by atoms with van der Waals surface area (Å²) in [5.41, 5.74) is -0.988.